The molecule has 0 saturated carbocycles. The number of anilines is 1. The number of rotatable bonds is 6. The second-order valence-corrected chi connectivity index (χ2v) is 6.11. The minimum absolute atomic E-state index is 0.0485. The molecule has 0 fully saturated rings. The van der Waals surface area contributed by atoms with Gasteiger partial charge in [0.25, 0.3) is 0 Å². The van der Waals surface area contributed by atoms with E-state index in [4.69, 9.17) is 12.2 Å². The van der Waals surface area contributed by atoms with Crippen LogP contribution in [0.15, 0.2) is 24.4 Å². The summed E-state index contributed by atoms with van der Waals surface area (Å²) in [4.78, 5) is 0. The highest BCUT2D eigenvalue weighted by Gasteiger charge is 2.15. The van der Waals surface area contributed by atoms with Crippen LogP contribution in [-0.2, 0) is 6.54 Å². The van der Waals surface area contributed by atoms with Crippen molar-refractivity contribution in [1.29, 1.82) is 0 Å². The monoisotopic (exact) mass is 368 g/mol. The maximum Gasteiger partial charge on any atom is 0.387 e. The fraction of sp³-hybridized carbons (Fsp3) is 0.412. The summed E-state index contributed by atoms with van der Waals surface area (Å²) in [5, 5.41) is 10.7. The van der Waals surface area contributed by atoms with Crippen LogP contribution in [0.1, 0.15) is 36.7 Å². The lowest BCUT2D eigenvalue weighted by atomic mass is 10.1. The lowest BCUT2D eigenvalue weighted by Gasteiger charge is -2.19. The second-order valence-electron chi connectivity index (χ2n) is 5.70. The van der Waals surface area contributed by atoms with Gasteiger partial charge in [-0.1, -0.05) is 6.07 Å². The van der Waals surface area contributed by atoms with Crippen molar-refractivity contribution in [3.8, 4) is 5.75 Å². The van der Waals surface area contributed by atoms with Crippen molar-refractivity contribution in [3.63, 3.8) is 0 Å². The molecule has 25 heavy (non-hydrogen) atoms. The van der Waals surface area contributed by atoms with Crippen molar-refractivity contribution in [2.75, 3.05) is 5.32 Å². The molecule has 2 rings (SSSR count). The van der Waals surface area contributed by atoms with E-state index in [1.165, 1.54) is 6.07 Å². The van der Waals surface area contributed by atoms with Crippen LogP contribution < -0.4 is 15.4 Å². The first-order valence-electron chi connectivity index (χ1n) is 7.97. The molecule has 1 heterocycles. The van der Waals surface area contributed by atoms with E-state index in [1.54, 1.807) is 18.3 Å². The molecule has 0 aliphatic heterocycles. The average molecular weight is 368 g/mol. The maximum atomic E-state index is 12.5. The van der Waals surface area contributed by atoms with Crippen LogP contribution in [-0.4, -0.2) is 21.5 Å². The maximum absolute atomic E-state index is 12.5. The zero-order chi connectivity index (χ0) is 18.6. The van der Waals surface area contributed by atoms with Crippen LogP contribution in [0.5, 0.6) is 5.75 Å². The standard InChI is InChI=1S/C17H22F2N4OS/c1-5-23-12(4)13(9-20-23)11(3)21-17(25)22-14-8-10(2)6-7-15(14)24-16(18)19/h6-9,11,16H,5H2,1-4H3,(H2,21,22,25). The lowest BCUT2D eigenvalue weighted by Crippen LogP contribution is -2.31. The highest BCUT2D eigenvalue weighted by Crippen LogP contribution is 2.27. The second kappa shape index (κ2) is 8.24. The molecule has 2 N–H and O–H groups in total. The summed E-state index contributed by atoms with van der Waals surface area (Å²) in [5.74, 6) is 0.0485. The number of nitrogens with one attached hydrogen (secondary N) is 2. The van der Waals surface area contributed by atoms with Crippen LogP contribution in [0, 0.1) is 13.8 Å². The van der Waals surface area contributed by atoms with E-state index in [0.29, 0.717) is 10.8 Å². The molecule has 0 amide bonds. The molecule has 1 atom stereocenters. The third-order valence-corrected chi connectivity index (χ3v) is 4.07. The van der Waals surface area contributed by atoms with Gasteiger partial charge in [-0.25, -0.2) is 0 Å². The van der Waals surface area contributed by atoms with Crippen molar-refractivity contribution < 1.29 is 13.5 Å². The summed E-state index contributed by atoms with van der Waals surface area (Å²) in [7, 11) is 0. The summed E-state index contributed by atoms with van der Waals surface area (Å²) < 4.78 is 31.5. The number of hydrogen-bond acceptors (Lipinski definition) is 3. The number of thiocarbonyl (C=S) groups is 1. The largest absolute Gasteiger partial charge is 0.433 e. The van der Waals surface area contributed by atoms with Crippen LogP contribution in [0.25, 0.3) is 0 Å². The Morgan fingerprint density at radius 3 is 2.68 bits per heavy atom. The molecular weight excluding hydrogens is 346 g/mol. The molecule has 1 aromatic carbocycles. The Labute approximate surface area is 151 Å². The summed E-state index contributed by atoms with van der Waals surface area (Å²) in [6.45, 7) is 5.74. The van der Waals surface area contributed by atoms with Gasteiger partial charge in [-0.3, -0.25) is 4.68 Å². The number of benzene rings is 1. The molecule has 0 radical (unpaired) electrons. The summed E-state index contributed by atoms with van der Waals surface area (Å²) in [6, 6.07) is 4.82. The van der Waals surface area contributed by atoms with Gasteiger partial charge in [0.05, 0.1) is 17.9 Å². The number of ether oxygens (including phenoxy) is 1. The van der Waals surface area contributed by atoms with Crippen molar-refractivity contribution in [2.45, 2.75) is 46.9 Å². The molecule has 0 aliphatic carbocycles. The molecule has 1 unspecified atom stereocenters. The van der Waals surface area contributed by atoms with Crippen molar-refractivity contribution >= 4 is 23.0 Å². The van der Waals surface area contributed by atoms with Gasteiger partial charge in [0.15, 0.2) is 5.11 Å². The van der Waals surface area contributed by atoms with Gasteiger partial charge in [-0.05, 0) is 57.6 Å². The SMILES string of the molecule is CCn1ncc(C(C)NC(=S)Nc2cc(C)ccc2OC(F)F)c1C. The summed E-state index contributed by atoms with van der Waals surface area (Å²) >= 11 is 5.31. The van der Waals surface area contributed by atoms with Crippen LogP contribution in [0.3, 0.4) is 0 Å². The fourth-order valence-electron chi connectivity index (χ4n) is 2.58. The lowest BCUT2D eigenvalue weighted by molar-refractivity contribution is -0.0493. The molecular formula is C17H22F2N4OS. The van der Waals surface area contributed by atoms with Gasteiger partial charge in [-0.15, -0.1) is 0 Å². The Morgan fingerprint density at radius 2 is 2.08 bits per heavy atom. The molecule has 5 nitrogen and oxygen atoms in total. The van der Waals surface area contributed by atoms with E-state index in [2.05, 4.69) is 20.5 Å². The van der Waals surface area contributed by atoms with Gasteiger partial charge in [0.2, 0.25) is 0 Å². The molecule has 1 aromatic heterocycles. The van der Waals surface area contributed by atoms with Gasteiger partial charge in [0.1, 0.15) is 5.75 Å². The third-order valence-electron chi connectivity index (χ3n) is 3.85. The zero-order valence-corrected chi connectivity index (χ0v) is 15.5. The Balaban J connectivity index is 2.09. The Kier molecular flexibility index (Phi) is 6.30. The molecule has 136 valence electrons. The molecule has 0 saturated heterocycles. The highest BCUT2D eigenvalue weighted by molar-refractivity contribution is 7.80. The highest BCUT2D eigenvalue weighted by atomic mass is 32.1. The van der Waals surface area contributed by atoms with E-state index in [-0.39, 0.29) is 11.8 Å². The van der Waals surface area contributed by atoms with Crippen LogP contribution >= 0.6 is 12.2 Å². The van der Waals surface area contributed by atoms with Gasteiger partial charge in [0, 0.05) is 17.8 Å². The molecule has 0 bridgehead atoms. The Hall–Kier alpha value is -2.22. The Morgan fingerprint density at radius 1 is 1.36 bits per heavy atom. The zero-order valence-electron chi connectivity index (χ0n) is 14.6. The smallest absolute Gasteiger partial charge is 0.387 e. The van der Waals surface area contributed by atoms with Crippen LogP contribution in [0.2, 0.25) is 0 Å². The Bertz CT molecular complexity index is 748. The van der Waals surface area contributed by atoms with Gasteiger partial charge < -0.3 is 15.4 Å². The van der Waals surface area contributed by atoms with Crippen molar-refractivity contribution in [3.05, 3.63) is 41.2 Å². The number of nitrogens with zero attached hydrogens (tertiary/aromatic N) is 2. The molecule has 2 aromatic rings. The first-order chi connectivity index (χ1) is 11.8. The van der Waals surface area contributed by atoms with E-state index in [1.807, 2.05) is 32.4 Å². The summed E-state index contributed by atoms with van der Waals surface area (Å²) in [6.07, 6.45) is 1.80. The normalized spacial score (nSPS) is 12.1. The number of alkyl halides is 2. The third kappa shape index (κ3) is 4.88. The predicted molar refractivity (Wildman–Crippen MR) is 98.2 cm³/mol. The predicted octanol–water partition coefficient (Wildman–Crippen LogP) is 4.17. The van der Waals surface area contributed by atoms with E-state index >= 15 is 0 Å². The number of halogens is 2. The summed E-state index contributed by atoms with van der Waals surface area (Å²) in [5.41, 5.74) is 3.38. The number of hydrogen-bond donors (Lipinski definition) is 2. The van der Waals surface area contributed by atoms with E-state index in [9.17, 15) is 8.78 Å². The van der Waals surface area contributed by atoms with Crippen molar-refractivity contribution in [2.24, 2.45) is 0 Å². The van der Waals surface area contributed by atoms with Gasteiger partial charge >= 0.3 is 6.61 Å². The molecule has 8 heteroatoms. The number of aryl methyl sites for hydroxylation is 2. The quantitative estimate of drug-likeness (QED) is 0.750. The number of aromatic nitrogens is 2. The van der Waals surface area contributed by atoms with E-state index in [0.717, 1.165) is 23.4 Å². The molecule has 0 aliphatic rings. The topological polar surface area (TPSA) is 51.1 Å². The minimum atomic E-state index is -2.90. The van der Waals surface area contributed by atoms with Crippen LogP contribution in [0.4, 0.5) is 14.5 Å². The average Bonchev–Trinajstić information content (AvgIpc) is 2.90. The molecule has 0 spiro atoms. The van der Waals surface area contributed by atoms with Gasteiger partial charge in [-0.2, -0.15) is 13.9 Å². The minimum Gasteiger partial charge on any atom is -0.433 e. The van der Waals surface area contributed by atoms with Crippen molar-refractivity contribution in [1.82, 2.24) is 15.1 Å². The fourth-order valence-corrected chi connectivity index (χ4v) is 2.86. The van der Waals surface area contributed by atoms with E-state index < -0.39 is 6.61 Å². The first-order valence-corrected chi connectivity index (χ1v) is 8.38. The first kappa shape index (κ1) is 19.1.